The SMILES string of the molecule is CC(=O)O[C@H](/C=C\CS(=O)c1ccccc1)[C@@H](OCc1ccccc1)[C@H](OCc1ccccc1)[C@H](C=O)OCc1ccccc1. The number of rotatable bonds is 18. The second-order valence-corrected chi connectivity index (χ2v) is 11.7. The van der Waals surface area contributed by atoms with Crippen LogP contribution in [0, 0.1) is 0 Å². The van der Waals surface area contributed by atoms with Crippen LogP contribution in [0.4, 0.5) is 0 Å². The zero-order valence-electron chi connectivity index (χ0n) is 25.2. The second-order valence-electron chi connectivity index (χ2n) is 10.2. The van der Waals surface area contributed by atoms with E-state index in [-0.39, 0.29) is 25.6 Å². The van der Waals surface area contributed by atoms with Crippen LogP contribution in [-0.2, 0) is 59.2 Å². The molecule has 1 unspecified atom stereocenters. The minimum absolute atomic E-state index is 0.155. The molecule has 4 rings (SSSR count). The Morgan fingerprint density at radius 1 is 0.644 bits per heavy atom. The van der Waals surface area contributed by atoms with Gasteiger partial charge in [-0.1, -0.05) is 115 Å². The Hall–Kier alpha value is -4.21. The van der Waals surface area contributed by atoms with Crippen molar-refractivity contribution in [3.8, 4) is 0 Å². The fraction of sp³-hybridized carbons (Fsp3) is 0.243. The van der Waals surface area contributed by atoms with E-state index in [4.69, 9.17) is 18.9 Å². The molecule has 0 spiro atoms. The van der Waals surface area contributed by atoms with Crippen molar-refractivity contribution in [2.75, 3.05) is 5.75 Å². The van der Waals surface area contributed by atoms with E-state index >= 15 is 0 Å². The average Bonchev–Trinajstić information content (AvgIpc) is 3.08. The second kappa shape index (κ2) is 18.6. The van der Waals surface area contributed by atoms with Gasteiger partial charge in [0.05, 0.1) is 30.6 Å². The first-order chi connectivity index (χ1) is 22.0. The zero-order chi connectivity index (χ0) is 31.7. The molecule has 0 saturated carbocycles. The number of ether oxygens (including phenoxy) is 4. The molecule has 234 valence electrons. The molecule has 0 radical (unpaired) electrons. The molecule has 45 heavy (non-hydrogen) atoms. The third kappa shape index (κ3) is 11.3. The van der Waals surface area contributed by atoms with Crippen LogP contribution in [0.3, 0.4) is 0 Å². The van der Waals surface area contributed by atoms with Gasteiger partial charge in [0.2, 0.25) is 0 Å². The highest BCUT2D eigenvalue weighted by Gasteiger charge is 2.38. The van der Waals surface area contributed by atoms with Crippen LogP contribution in [0.25, 0.3) is 0 Å². The third-order valence-electron chi connectivity index (χ3n) is 6.84. The monoisotopic (exact) mass is 626 g/mol. The van der Waals surface area contributed by atoms with Gasteiger partial charge in [-0.25, -0.2) is 0 Å². The van der Waals surface area contributed by atoms with Crippen molar-refractivity contribution in [2.45, 2.75) is 56.1 Å². The van der Waals surface area contributed by atoms with Gasteiger partial charge in [-0.05, 0) is 34.9 Å². The molecule has 0 aliphatic heterocycles. The number of carbonyl (C=O) groups excluding carboxylic acids is 2. The maximum Gasteiger partial charge on any atom is 0.303 e. The van der Waals surface area contributed by atoms with Gasteiger partial charge in [0.1, 0.15) is 24.4 Å². The molecule has 0 aliphatic rings. The molecule has 4 aromatic rings. The maximum atomic E-state index is 12.9. The summed E-state index contributed by atoms with van der Waals surface area (Å²) in [5, 5.41) is 0. The molecule has 5 atom stereocenters. The quantitative estimate of drug-likeness (QED) is 0.0734. The Balaban J connectivity index is 1.66. The summed E-state index contributed by atoms with van der Waals surface area (Å²) in [7, 11) is -1.31. The molecule has 0 amide bonds. The van der Waals surface area contributed by atoms with E-state index in [0.29, 0.717) is 11.2 Å². The van der Waals surface area contributed by atoms with E-state index in [2.05, 4.69) is 0 Å². The van der Waals surface area contributed by atoms with E-state index in [1.807, 2.05) is 109 Å². The van der Waals surface area contributed by atoms with Gasteiger partial charge in [0, 0.05) is 17.6 Å². The smallest absolute Gasteiger partial charge is 0.303 e. The highest BCUT2D eigenvalue weighted by atomic mass is 32.2. The highest BCUT2D eigenvalue weighted by Crippen LogP contribution is 2.23. The summed E-state index contributed by atoms with van der Waals surface area (Å²) in [6.07, 6.45) is 0.0350. The zero-order valence-corrected chi connectivity index (χ0v) is 26.0. The maximum absolute atomic E-state index is 12.9. The Kier molecular flexibility index (Phi) is 13.9. The van der Waals surface area contributed by atoms with Crippen molar-refractivity contribution in [3.05, 3.63) is 150 Å². The van der Waals surface area contributed by atoms with Crippen molar-refractivity contribution in [3.63, 3.8) is 0 Å². The normalized spacial score (nSPS) is 14.7. The fourth-order valence-corrected chi connectivity index (χ4v) is 5.56. The molecule has 0 aromatic heterocycles. The van der Waals surface area contributed by atoms with Crippen molar-refractivity contribution in [1.29, 1.82) is 0 Å². The molecule has 0 fully saturated rings. The Morgan fingerprint density at radius 3 is 1.51 bits per heavy atom. The van der Waals surface area contributed by atoms with Crippen LogP contribution in [0.1, 0.15) is 23.6 Å². The summed E-state index contributed by atoms with van der Waals surface area (Å²) in [6, 6.07) is 37.7. The summed E-state index contributed by atoms with van der Waals surface area (Å²) in [4.78, 5) is 25.7. The number of aldehydes is 1. The average molecular weight is 627 g/mol. The van der Waals surface area contributed by atoms with E-state index in [1.54, 1.807) is 24.3 Å². The lowest BCUT2D eigenvalue weighted by molar-refractivity contribution is -0.184. The number of hydrogen-bond donors (Lipinski definition) is 0. The molecule has 0 N–H and O–H groups in total. The van der Waals surface area contributed by atoms with Gasteiger partial charge in [-0.2, -0.15) is 0 Å². The van der Waals surface area contributed by atoms with Crippen LogP contribution < -0.4 is 0 Å². The van der Waals surface area contributed by atoms with E-state index < -0.39 is 41.2 Å². The minimum atomic E-state index is -1.31. The first kappa shape index (κ1) is 33.7. The molecule has 4 aromatic carbocycles. The highest BCUT2D eigenvalue weighted by molar-refractivity contribution is 7.85. The number of carbonyl (C=O) groups is 2. The lowest BCUT2D eigenvalue weighted by atomic mass is 10.0. The third-order valence-corrected chi connectivity index (χ3v) is 8.14. The van der Waals surface area contributed by atoms with Crippen molar-refractivity contribution in [2.24, 2.45) is 0 Å². The molecule has 7 nitrogen and oxygen atoms in total. The van der Waals surface area contributed by atoms with Crippen LogP contribution in [0.15, 0.2) is 138 Å². The molecule has 0 saturated heterocycles. The Morgan fingerprint density at radius 2 is 1.07 bits per heavy atom. The van der Waals surface area contributed by atoms with Crippen LogP contribution in [0.5, 0.6) is 0 Å². The lowest BCUT2D eigenvalue weighted by Crippen LogP contribution is -2.50. The molecular formula is C37H38O7S. The lowest BCUT2D eigenvalue weighted by Gasteiger charge is -2.34. The Bertz CT molecular complexity index is 1480. The summed E-state index contributed by atoms with van der Waals surface area (Å²) >= 11 is 0. The summed E-state index contributed by atoms with van der Waals surface area (Å²) < 4.78 is 37.7. The van der Waals surface area contributed by atoms with E-state index in [1.165, 1.54) is 6.92 Å². The molecule has 8 heteroatoms. The number of hydrogen-bond acceptors (Lipinski definition) is 7. The molecular weight excluding hydrogens is 588 g/mol. The standard InChI is InChI=1S/C37H38O7S/c1-29(39)44-34(23-14-24-45(40)33-21-12-5-13-22-33)36(42-27-31-17-8-3-9-18-31)37(43-28-32-19-10-4-11-20-32)35(25-38)41-26-30-15-6-2-7-16-30/h2-23,25,34-37H,24,26-28H2,1H3/b23-14-/t34-,35+,36-,37-,45?/m1/s1. The van der Waals surface area contributed by atoms with Gasteiger partial charge in [0.25, 0.3) is 0 Å². The topological polar surface area (TPSA) is 88.1 Å². The summed E-state index contributed by atoms with van der Waals surface area (Å²) in [5.74, 6) is -0.360. The summed E-state index contributed by atoms with van der Waals surface area (Å²) in [6.45, 7) is 1.78. The van der Waals surface area contributed by atoms with Crippen LogP contribution >= 0.6 is 0 Å². The largest absolute Gasteiger partial charge is 0.455 e. The van der Waals surface area contributed by atoms with Crippen molar-refractivity contribution in [1.82, 2.24) is 0 Å². The van der Waals surface area contributed by atoms with Gasteiger partial charge >= 0.3 is 5.97 Å². The number of benzene rings is 4. The molecule has 0 heterocycles. The first-order valence-electron chi connectivity index (χ1n) is 14.7. The molecule has 0 bridgehead atoms. The first-order valence-corrected chi connectivity index (χ1v) is 16.0. The van der Waals surface area contributed by atoms with Gasteiger partial charge < -0.3 is 23.7 Å². The predicted molar refractivity (Wildman–Crippen MR) is 174 cm³/mol. The number of esters is 1. The fourth-order valence-electron chi connectivity index (χ4n) is 4.62. The molecule has 0 aliphatic carbocycles. The van der Waals surface area contributed by atoms with Crippen LogP contribution in [0.2, 0.25) is 0 Å². The summed E-state index contributed by atoms with van der Waals surface area (Å²) in [5.41, 5.74) is 2.65. The van der Waals surface area contributed by atoms with Gasteiger partial charge in [-0.3, -0.25) is 9.00 Å². The van der Waals surface area contributed by atoms with Gasteiger partial charge in [0.15, 0.2) is 6.29 Å². The van der Waals surface area contributed by atoms with Crippen LogP contribution in [-0.4, -0.2) is 46.6 Å². The minimum Gasteiger partial charge on any atom is -0.455 e. The van der Waals surface area contributed by atoms with E-state index in [9.17, 15) is 13.8 Å². The van der Waals surface area contributed by atoms with Crippen molar-refractivity contribution < 1.29 is 32.7 Å². The van der Waals surface area contributed by atoms with Crippen molar-refractivity contribution >= 4 is 23.1 Å². The van der Waals surface area contributed by atoms with Gasteiger partial charge in [-0.15, -0.1) is 0 Å². The predicted octanol–water partition coefficient (Wildman–Crippen LogP) is 6.24. The van der Waals surface area contributed by atoms with E-state index in [0.717, 1.165) is 16.7 Å². The Labute approximate surface area is 267 Å².